The lowest BCUT2D eigenvalue weighted by Crippen LogP contribution is -2.58. The van der Waals surface area contributed by atoms with Crippen molar-refractivity contribution in [2.24, 2.45) is 0 Å². The average molecular weight is 431 g/mol. The van der Waals surface area contributed by atoms with E-state index >= 15 is 0 Å². The summed E-state index contributed by atoms with van der Waals surface area (Å²) in [5.41, 5.74) is 1.88. The molecule has 0 bridgehead atoms. The fraction of sp³-hybridized carbons (Fsp3) is 0.800. The van der Waals surface area contributed by atoms with Gasteiger partial charge >= 0.3 is 0 Å². The Kier molecular flexibility index (Phi) is 15.3. The Morgan fingerprint density at radius 3 is 1.42 bits per heavy atom. The monoisotopic (exact) mass is 430 g/mol. The van der Waals surface area contributed by atoms with E-state index in [2.05, 4.69) is 65.2 Å². The van der Waals surface area contributed by atoms with Crippen LogP contribution in [0.2, 0.25) is 0 Å². The Hall–Kier alpha value is -0.820. The van der Waals surface area contributed by atoms with Gasteiger partial charge in [-0.1, -0.05) is 135 Å². The van der Waals surface area contributed by atoms with Gasteiger partial charge in [0, 0.05) is 12.0 Å². The molecule has 0 atom stereocenters. The molecule has 1 aromatic rings. The SMILES string of the molecule is CCCCCCCCCCCCCCCCC(CC)(CC)[N+](C)(C)Cc1ccccc1. The van der Waals surface area contributed by atoms with Gasteiger partial charge in [0.25, 0.3) is 0 Å². The second kappa shape index (κ2) is 16.8. The number of hydrogen-bond donors (Lipinski definition) is 0. The van der Waals surface area contributed by atoms with Crippen LogP contribution >= 0.6 is 0 Å². The third kappa shape index (κ3) is 11.0. The van der Waals surface area contributed by atoms with E-state index in [0.717, 1.165) is 11.0 Å². The van der Waals surface area contributed by atoms with Crippen LogP contribution in [0.3, 0.4) is 0 Å². The fourth-order valence-corrected chi connectivity index (χ4v) is 5.62. The summed E-state index contributed by atoms with van der Waals surface area (Å²) in [5, 5.41) is 0. The minimum atomic E-state index is 0.410. The predicted molar refractivity (Wildman–Crippen MR) is 140 cm³/mol. The second-order valence-electron chi connectivity index (χ2n) is 10.6. The van der Waals surface area contributed by atoms with Gasteiger partial charge in [-0.3, -0.25) is 0 Å². The molecule has 0 unspecified atom stereocenters. The van der Waals surface area contributed by atoms with E-state index < -0.39 is 0 Å². The fourth-order valence-electron chi connectivity index (χ4n) is 5.62. The van der Waals surface area contributed by atoms with Crippen molar-refractivity contribution in [2.45, 2.75) is 142 Å². The molecular weight excluding hydrogens is 374 g/mol. The first-order chi connectivity index (χ1) is 15.0. The third-order valence-corrected chi connectivity index (χ3v) is 8.02. The molecule has 0 N–H and O–H groups in total. The van der Waals surface area contributed by atoms with Gasteiger partial charge in [0.15, 0.2) is 0 Å². The van der Waals surface area contributed by atoms with Gasteiger partial charge in [-0.15, -0.1) is 0 Å². The molecule has 0 fully saturated rings. The van der Waals surface area contributed by atoms with Crippen molar-refractivity contribution in [1.29, 1.82) is 0 Å². The van der Waals surface area contributed by atoms with Crippen LogP contribution in [0.25, 0.3) is 0 Å². The highest BCUT2D eigenvalue weighted by Gasteiger charge is 2.41. The number of rotatable bonds is 20. The Morgan fingerprint density at radius 1 is 0.581 bits per heavy atom. The first-order valence-electron chi connectivity index (χ1n) is 13.9. The third-order valence-electron chi connectivity index (χ3n) is 8.02. The Morgan fingerprint density at radius 2 is 1.00 bits per heavy atom. The smallest absolute Gasteiger partial charge is 0.104 e. The van der Waals surface area contributed by atoms with Crippen LogP contribution in [0, 0.1) is 0 Å². The summed E-state index contributed by atoms with van der Waals surface area (Å²) in [7, 11) is 4.92. The average Bonchev–Trinajstić information content (AvgIpc) is 2.77. The Bertz CT molecular complexity index is 514. The first-order valence-corrected chi connectivity index (χ1v) is 13.9. The highest BCUT2D eigenvalue weighted by molar-refractivity contribution is 5.13. The zero-order valence-electron chi connectivity index (χ0n) is 22.1. The second-order valence-corrected chi connectivity index (χ2v) is 10.6. The van der Waals surface area contributed by atoms with Crippen molar-refractivity contribution in [1.82, 2.24) is 0 Å². The summed E-state index contributed by atoms with van der Waals surface area (Å²) in [6.45, 7) is 8.27. The quantitative estimate of drug-likeness (QED) is 0.143. The molecule has 0 aromatic heterocycles. The number of nitrogens with zero attached hydrogens (tertiary/aromatic N) is 1. The zero-order chi connectivity index (χ0) is 22.8. The van der Waals surface area contributed by atoms with E-state index in [-0.39, 0.29) is 0 Å². The normalized spacial score (nSPS) is 12.4. The van der Waals surface area contributed by atoms with Crippen molar-refractivity contribution in [3.05, 3.63) is 35.9 Å². The maximum absolute atomic E-state index is 2.46. The molecule has 0 heterocycles. The molecule has 1 nitrogen and oxygen atoms in total. The van der Waals surface area contributed by atoms with E-state index in [4.69, 9.17) is 0 Å². The molecule has 0 saturated carbocycles. The summed E-state index contributed by atoms with van der Waals surface area (Å²) in [4.78, 5) is 0. The van der Waals surface area contributed by atoms with Crippen LogP contribution < -0.4 is 0 Å². The van der Waals surface area contributed by atoms with Crippen LogP contribution in [0.5, 0.6) is 0 Å². The molecule has 0 aliphatic rings. The number of unbranched alkanes of at least 4 members (excludes halogenated alkanes) is 13. The molecule has 1 rings (SSSR count). The molecule has 0 spiro atoms. The Balaban J connectivity index is 2.19. The maximum atomic E-state index is 2.46. The topological polar surface area (TPSA) is 0 Å². The summed E-state index contributed by atoms with van der Waals surface area (Å²) >= 11 is 0. The number of hydrogen-bond acceptors (Lipinski definition) is 0. The summed E-state index contributed by atoms with van der Waals surface area (Å²) in [6, 6.07) is 11.1. The first kappa shape index (κ1) is 28.2. The van der Waals surface area contributed by atoms with Crippen LogP contribution in [0.15, 0.2) is 30.3 Å². The van der Waals surface area contributed by atoms with Gasteiger partial charge in [0.1, 0.15) is 6.54 Å². The zero-order valence-corrected chi connectivity index (χ0v) is 22.1. The lowest BCUT2D eigenvalue weighted by atomic mass is 9.82. The van der Waals surface area contributed by atoms with E-state index in [1.54, 1.807) is 0 Å². The minimum Gasteiger partial charge on any atom is -0.320 e. The van der Waals surface area contributed by atoms with E-state index in [0.29, 0.717) is 5.54 Å². The van der Waals surface area contributed by atoms with Gasteiger partial charge in [-0.05, 0) is 19.3 Å². The summed E-state index contributed by atoms with van der Waals surface area (Å²) < 4.78 is 1.11. The van der Waals surface area contributed by atoms with Crippen LogP contribution in [-0.4, -0.2) is 24.1 Å². The van der Waals surface area contributed by atoms with Gasteiger partial charge < -0.3 is 4.48 Å². The van der Waals surface area contributed by atoms with Gasteiger partial charge in [0.05, 0.1) is 19.6 Å². The molecule has 1 heteroatoms. The van der Waals surface area contributed by atoms with E-state index in [1.807, 2.05) is 0 Å². The van der Waals surface area contributed by atoms with Crippen molar-refractivity contribution < 1.29 is 4.48 Å². The Labute approximate surface area is 196 Å². The molecule has 1 aromatic carbocycles. The van der Waals surface area contributed by atoms with Crippen molar-refractivity contribution in [2.75, 3.05) is 14.1 Å². The molecule has 0 amide bonds. The van der Waals surface area contributed by atoms with Crippen LogP contribution in [0.1, 0.15) is 135 Å². The van der Waals surface area contributed by atoms with Crippen molar-refractivity contribution in [3.8, 4) is 0 Å². The molecule has 180 valence electrons. The highest BCUT2D eigenvalue weighted by Crippen LogP contribution is 2.36. The van der Waals surface area contributed by atoms with Gasteiger partial charge in [-0.2, -0.15) is 0 Å². The molecular formula is C30H56N+. The van der Waals surface area contributed by atoms with E-state index in [1.165, 1.54) is 115 Å². The van der Waals surface area contributed by atoms with Gasteiger partial charge in [0.2, 0.25) is 0 Å². The summed E-state index contributed by atoms with van der Waals surface area (Å²) in [5.74, 6) is 0. The van der Waals surface area contributed by atoms with E-state index in [9.17, 15) is 0 Å². The summed E-state index contributed by atoms with van der Waals surface area (Å²) in [6.07, 6.45) is 24.1. The lowest BCUT2D eigenvalue weighted by molar-refractivity contribution is -0.955. The maximum Gasteiger partial charge on any atom is 0.104 e. The molecule has 0 radical (unpaired) electrons. The van der Waals surface area contributed by atoms with Crippen LogP contribution in [-0.2, 0) is 6.54 Å². The molecule has 0 saturated heterocycles. The minimum absolute atomic E-state index is 0.410. The lowest BCUT2D eigenvalue weighted by Gasteiger charge is -2.49. The highest BCUT2D eigenvalue weighted by atomic mass is 15.4. The molecule has 0 aliphatic carbocycles. The largest absolute Gasteiger partial charge is 0.320 e. The molecule has 31 heavy (non-hydrogen) atoms. The molecule has 0 aliphatic heterocycles. The van der Waals surface area contributed by atoms with Crippen LogP contribution in [0.4, 0.5) is 0 Å². The standard InChI is InChI=1S/C30H56N/c1-6-9-10-11-12-13-14-15-16-17-18-19-20-24-27-30(7-2,8-3)31(4,5)28-29-25-22-21-23-26-29/h21-23,25-26H,6-20,24,27-28H2,1-5H3/q+1. The van der Waals surface area contributed by atoms with Gasteiger partial charge in [-0.25, -0.2) is 0 Å². The van der Waals surface area contributed by atoms with Crippen molar-refractivity contribution in [3.63, 3.8) is 0 Å². The number of benzene rings is 1. The predicted octanol–water partition coefficient (Wildman–Crippen LogP) is 9.69. The van der Waals surface area contributed by atoms with Crippen molar-refractivity contribution >= 4 is 0 Å². The number of quaternary nitrogens is 1.